The molecule has 1 amide bonds. The van der Waals surface area contributed by atoms with Crippen molar-refractivity contribution in [2.75, 3.05) is 14.1 Å². The van der Waals surface area contributed by atoms with Gasteiger partial charge in [0.2, 0.25) is 0 Å². The molecule has 0 bridgehead atoms. The zero-order valence-electron chi connectivity index (χ0n) is 11.4. The Bertz CT molecular complexity index is 481. The van der Waals surface area contributed by atoms with Crippen molar-refractivity contribution in [3.63, 3.8) is 0 Å². The zero-order chi connectivity index (χ0) is 13.5. The van der Waals surface area contributed by atoms with Crippen LogP contribution in [0.15, 0.2) is 18.2 Å². The molecule has 18 heavy (non-hydrogen) atoms. The van der Waals surface area contributed by atoms with Crippen LogP contribution in [0.2, 0.25) is 0 Å². The van der Waals surface area contributed by atoms with E-state index in [2.05, 4.69) is 51.0 Å². The number of carboxylic acid groups (broad SMARTS) is 1. The van der Waals surface area contributed by atoms with E-state index in [9.17, 15) is 4.79 Å². The summed E-state index contributed by atoms with van der Waals surface area (Å²) in [6, 6.07) is 6.29. The minimum absolute atomic E-state index is 0.0499. The van der Waals surface area contributed by atoms with E-state index in [1.807, 2.05) is 0 Å². The van der Waals surface area contributed by atoms with Crippen molar-refractivity contribution in [3.05, 3.63) is 34.9 Å². The summed E-state index contributed by atoms with van der Waals surface area (Å²) in [7, 11) is 4.10. The van der Waals surface area contributed by atoms with Crippen molar-refractivity contribution in [2.45, 2.75) is 32.5 Å². The van der Waals surface area contributed by atoms with Crippen LogP contribution >= 0.6 is 0 Å². The van der Waals surface area contributed by atoms with Crippen LogP contribution in [0.4, 0.5) is 4.79 Å². The zero-order valence-corrected chi connectivity index (χ0v) is 11.4. The molecule has 0 radical (unpaired) electrons. The lowest BCUT2D eigenvalue weighted by Crippen LogP contribution is -2.35. The van der Waals surface area contributed by atoms with E-state index in [-0.39, 0.29) is 5.54 Å². The number of rotatable bonds is 2. The molecule has 2 rings (SSSR count). The molecule has 1 aliphatic heterocycles. The predicted octanol–water partition coefficient (Wildman–Crippen LogP) is 2.48. The van der Waals surface area contributed by atoms with Crippen molar-refractivity contribution < 1.29 is 9.90 Å². The number of hydrogen-bond acceptors (Lipinski definition) is 2. The molecule has 1 aliphatic rings. The quantitative estimate of drug-likeness (QED) is 0.874. The molecule has 0 fully saturated rings. The number of benzene rings is 1. The Morgan fingerprint density at radius 1 is 1.28 bits per heavy atom. The van der Waals surface area contributed by atoms with E-state index in [0.717, 1.165) is 11.1 Å². The highest BCUT2D eigenvalue weighted by Crippen LogP contribution is 2.30. The third-order valence-corrected chi connectivity index (χ3v) is 4.02. The second-order valence-corrected chi connectivity index (χ2v) is 5.58. The smallest absolute Gasteiger partial charge is 0.407 e. The first-order chi connectivity index (χ1) is 8.32. The molecule has 0 spiro atoms. The lowest BCUT2D eigenvalue weighted by atomic mass is 9.90. The van der Waals surface area contributed by atoms with Crippen LogP contribution in [0.1, 0.15) is 30.5 Å². The Morgan fingerprint density at radius 3 is 2.44 bits per heavy atom. The molecule has 1 heterocycles. The van der Waals surface area contributed by atoms with Crippen molar-refractivity contribution in [1.29, 1.82) is 0 Å². The molecule has 1 aromatic carbocycles. The van der Waals surface area contributed by atoms with E-state index < -0.39 is 6.09 Å². The van der Waals surface area contributed by atoms with Crippen molar-refractivity contribution >= 4 is 6.09 Å². The van der Waals surface area contributed by atoms with Crippen LogP contribution in [0.25, 0.3) is 0 Å². The summed E-state index contributed by atoms with van der Waals surface area (Å²) in [6.45, 7) is 5.34. The number of carbonyl (C=O) groups is 1. The number of fused-ring (bicyclic) bond motifs is 1. The molecule has 0 atom stereocenters. The highest BCUT2D eigenvalue weighted by atomic mass is 16.4. The second-order valence-electron chi connectivity index (χ2n) is 5.58. The fourth-order valence-corrected chi connectivity index (χ4v) is 2.17. The highest BCUT2D eigenvalue weighted by molar-refractivity contribution is 5.66. The fraction of sp³-hybridized carbons (Fsp3) is 0.500. The minimum atomic E-state index is -0.848. The first kappa shape index (κ1) is 12.9. The minimum Gasteiger partial charge on any atom is -0.465 e. The molecular formula is C14H20N2O2. The summed E-state index contributed by atoms with van der Waals surface area (Å²) >= 11 is 0. The van der Waals surface area contributed by atoms with Gasteiger partial charge in [-0.2, -0.15) is 0 Å². The Balaban J connectivity index is 2.31. The SMILES string of the molecule is CN(C)C(C)(C)c1ccc2c(c1)CN(C(=O)O)C2. The Kier molecular flexibility index (Phi) is 3.07. The Labute approximate surface area is 108 Å². The van der Waals surface area contributed by atoms with Gasteiger partial charge in [-0.05, 0) is 44.6 Å². The molecule has 98 valence electrons. The van der Waals surface area contributed by atoms with Crippen molar-refractivity contribution in [3.8, 4) is 0 Å². The van der Waals surface area contributed by atoms with Crippen LogP contribution < -0.4 is 0 Å². The number of nitrogens with zero attached hydrogens (tertiary/aromatic N) is 2. The van der Waals surface area contributed by atoms with Gasteiger partial charge in [0.25, 0.3) is 0 Å². The molecule has 4 heteroatoms. The molecule has 0 aromatic heterocycles. The van der Waals surface area contributed by atoms with E-state index in [1.165, 1.54) is 10.5 Å². The van der Waals surface area contributed by atoms with Crippen LogP contribution in [0.5, 0.6) is 0 Å². The summed E-state index contributed by atoms with van der Waals surface area (Å²) in [6.07, 6.45) is -0.848. The van der Waals surface area contributed by atoms with Crippen LogP contribution in [0.3, 0.4) is 0 Å². The van der Waals surface area contributed by atoms with Gasteiger partial charge in [-0.25, -0.2) is 4.79 Å². The highest BCUT2D eigenvalue weighted by Gasteiger charge is 2.27. The lowest BCUT2D eigenvalue weighted by molar-refractivity contribution is 0.145. The summed E-state index contributed by atoms with van der Waals surface area (Å²) in [5.74, 6) is 0. The van der Waals surface area contributed by atoms with E-state index in [4.69, 9.17) is 5.11 Å². The van der Waals surface area contributed by atoms with Crippen LogP contribution in [0, 0.1) is 0 Å². The number of hydrogen-bond donors (Lipinski definition) is 1. The van der Waals surface area contributed by atoms with E-state index in [0.29, 0.717) is 13.1 Å². The first-order valence-corrected chi connectivity index (χ1v) is 6.10. The van der Waals surface area contributed by atoms with E-state index in [1.54, 1.807) is 0 Å². The molecule has 0 unspecified atom stereocenters. The molecule has 1 aromatic rings. The maximum Gasteiger partial charge on any atom is 0.407 e. The van der Waals surface area contributed by atoms with Gasteiger partial charge in [-0.1, -0.05) is 18.2 Å². The summed E-state index contributed by atoms with van der Waals surface area (Å²) in [5.41, 5.74) is 3.42. The van der Waals surface area contributed by atoms with Gasteiger partial charge in [-0.15, -0.1) is 0 Å². The molecule has 0 aliphatic carbocycles. The van der Waals surface area contributed by atoms with Gasteiger partial charge in [-0.3, -0.25) is 4.90 Å². The third kappa shape index (κ3) is 2.08. The van der Waals surface area contributed by atoms with Gasteiger partial charge in [0, 0.05) is 18.6 Å². The van der Waals surface area contributed by atoms with Gasteiger partial charge in [0.05, 0.1) is 0 Å². The lowest BCUT2D eigenvalue weighted by Gasteiger charge is -2.33. The summed E-state index contributed by atoms with van der Waals surface area (Å²) in [4.78, 5) is 14.6. The standard InChI is InChI=1S/C14H20N2O2/c1-14(2,15(3)4)12-6-5-10-8-16(13(17)18)9-11(10)7-12/h5-7H,8-9H2,1-4H3,(H,17,18). The molecule has 0 saturated heterocycles. The summed E-state index contributed by atoms with van der Waals surface area (Å²) in [5, 5.41) is 9.02. The topological polar surface area (TPSA) is 43.8 Å². The first-order valence-electron chi connectivity index (χ1n) is 6.10. The predicted molar refractivity (Wildman–Crippen MR) is 70.4 cm³/mol. The summed E-state index contributed by atoms with van der Waals surface area (Å²) < 4.78 is 0. The van der Waals surface area contributed by atoms with Gasteiger partial charge in [0.15, 0.2) is 0 Å². The largest absolute Gasteiger partial charge is 0.465 e. The Morgan fingerprint density at radius 2 is 1.89 bits per heavy atom. The molecule has 1 N–H and O–H groups in total. The van der Waals surface area contributed by atoms with Crippen molar-refractivity contribution in [1.82, 2.24) is 9.80 Å². The van der Waals surface area contributed by atoms with Gasteiger partial charge < -0.3 is 10.0 Å². The molecule has 4 nitrogen and oxygen atoms in total. The molecule has 0 saturated carbocycles. The number of amides is 1. The van der Waals surface area contributed by atoms with Crippen molar-refractivity contribution in [2.24, 2.45) is 0 Å². The van der Waals surface area contributed by atoms with Crippen LogP contribution in [-0.2, 0) is 18.6 Å². The maximum absolute atomic E-state index is 11.0. The van der Waals surface area contributed by atoms with E-state index >= 15 is 0 Å². The monoisotopic (exact) mass is 248 g/mol. The Hall–Kier alpha value is -1.55. The third-order valence-electron chi connectivity index (χ3n) is 4.02. The fourth-order valence-electron chi connectivity index (χ4n) is 2.17. The normalized spacial score (nSPS) is 15.1. The second kappa shape index (κ2) is 4.28. The molecular weight excluding hydrogens is 228 g/mol. The van der Waals surface area contributed by atoms with Gasteiger partial charge >= 0.3 is 6.09 Å². The van der Waals surface area contributed by atoms with Gasteiger partial charge in [0.1, 0.15) is 0 Å². The average Bonchev–Trinajstić information content (AvgIpc) is 2.71. The van der Waals surface area contributed by atoms with Crippen LogP contribution in [-0.4, -0.2) is 35.1 Å². The average molecular weight is 248 g/mol. The maximum atomic E-state index is 11.0.